The summed E-state index contributed by atoms with van der Waals surface area (Å²) in [6.07, 6.45) is 6.02. The second kappa shape index (κ2) is 7.06. The van der Waals surface area contributed by atoms with Gasteiger partial charge in [0.25, 0.3) is 5.69 Å². The highest BCUT2D eigenvalue weighted by molar-refractivity contribution is 6.06. The van der Waals surface area contributed by atoms with E-state index in [2.05, 4.69) is 22.8 Å². The SMILES string of the molecule is O=C(NCCN1C(=O)[C@@H]2[C@@H](C1=O)[C@H]1C=C[C@H]2CC1)Nc1cccc([N+](=O)[O-])c1. The van der Waals surface area contributed by atoms with Crippen molar-refractivity contribution in [1.82, 2.24) is 10.2 Å². The summed E-state index contributed by atoms with van der Waals surface area (Å²) in [5.41, 5.74) is 0.158. The molecule has 0 spiro atoms. The highest BCUT2D eigenvalue weighted by Crippen LogP contribution is 2.49. The van der Waals surface area contributed by atoms with Crippen molar-refractivity contribution in [3.63, 3.8) is 0 Å². The second-order valence-electron chi connectivity index (χ2n) is 7.36. The number of fused-ring (bicyclic) bond motifs is 1. The molecule has 0 aromatic heterocycles. The van der Waals surface area contributed by atoms with Gasteiger partial charge in [-0.2, -0.15) is 0 Å². The van der Waals surface area contributed by atoms with Crippen molar-refractivity contribution < 1.29 is 19.3 Å². The van der Waals surface area contributed by atoms with Gasteiger partial charge >= 0.3 is 6.03 Å². The maximum Gasteiger partial charge on any atom is 0.319 e. The van der Waals surface area contributed by atoms with Crippen molar-refractivity contribution in [2.45, 2.75) is 12.8 Å². The lowest BCUT2D eigenvalue weighted by Gasteiger charge is -2.38. The van der Waals surface area contributed by atoms with Crippen LogP contribution in [0.15, 0.2) is 36.4 Å². The van der Waals surface area contributed by atoms with Crippen molar-refractivity contribution in [1.29, 1.82) is 0 Å². The van der Waals surface area contributed by atoms with E-state index in [4.69, 9.17) is 0 Å². The summed E-state index contributed by atoms with van der Waals surface area (Å²) in [7, 11) is 0. The van der Waals surface area contributed by atoms with Crippen LogP contribution in [-0.2, 0) is 9.59 Å². The van der Waals surface area contributed by atoms with Gasteiger partial charge in [-0.15, -0.1) is 0 Å². The number of hydrogen-bond donors (Lipinski definition) is 2. The fourth-order valence-electron chi connectivity index (χ4n) is 4.51. The Morgan fingerprint density at radius 1 is 1.14 bits per heavy atom. The summed E-state index contributed by atoms with van der Waals surface area (Å²) in [5.74, 6) is -0.516. The lowest BCUT2D eigenvalue weighted by molar-refractivity contribution is -0.384. The molecule has 1 aromatic carbocycles. The van der Waals surface area contributed by atoms with Gasteiger partial charge in [0.2, 0.25) is 11.8 Å². The van der Waals surface area contributed by atoms with Gasteiger partial charge in [-0.3, -0.25) is 24.6 Å². The summed E-state index contributed by atoms with van der Waals surface area (Å²) < 4.78 is 0. The zero-order chi connectivity index (χ0) is 19.8. The number of anilines is 1. The number of nitro groups is 1. The fourth-order valence-corrected chi connectivity index (χ4v) is 4.51. The van der Waals surface area contributed by atoms with Crippen LogP contribution in [0.5, 0.6) is 0 Å². The van der Waals surface area contributed by atoms with Gasteiger partial charge in [0.1, 0.15) is 0 Å². The van der Waals surface area contributed by atoms with E-state index in [0.717, 1.165) is 12.8 Å². The first kappa shape index (κ1) is 18.1. The Labute approximate surface area is 160 Å². The van der Waals surface area contributed by atoms with Crippen LogP contribution in [0.2, 0.25) is 0 Å². The maximum absolute atomic E-state index is 12.7. The Morgan fingerprint density at radius 2 is 1.79 bits per heavy atom. The van der Waals surface area contributed by atoms with E-state index < -0.39 is 11.0 Å². The van der Waals surface area contributed by atoms with Crippen LogP contribution in [0.1, 0.15) is 12.8 Å². The molecule has 1 saturated carbocycles. The minimum Gasteiger partial charge on any atom is -0.336 e. The number of carbonyl (C=O) groups excluding carboxylic acids is 3. The van der Waals surface area contributed by atoms with Crippen LogP contribution in [-0.4, -0.2) is 40.8 Å². The van der Waals surface area contributed by atoms with Crippen LogP contribution in [0.25, 0.3) is 0 Å². The predicted molar refractivity (Wildman–Crippen MR) is 99.2 cm³/mol. The normalized spacial score (nSPS) is 27.6. The van der Waals surface area contributed by atoms with Crippen LogP contribution < -0.4 is 10.6 Å². The van der Waals surface area contributed by atoms with Gasteiger partial charge in [0.15, 0.2) is 0 Å². The quantitative estimate of drug-likeness (QED) is 0.348. The summed E-state index contributed by atoms with van der Waals surface area (Å²) >= 11 is 0. The minimum absolute atomic E-state index is 0.112. The number of hydrogen-bond acceptors (Lipinski definition) is 5. The minimum atomic E-state index is -0.557. The first-order valence-corrected chi connectivity index (χ1v) is 9.28. The number of imide groups is 1. The van der Waals surface area contributed by atoms with Crippen LogP contribution in [0, 0.1) is 33.8 Å². The maximum atomic E-state index is 12.7. The van der Waals surface area contributed by atoms with Crippen LogP contribution in [0.4, 0.5) is 16.2 Å². The van der Waals surface area contributed by atoms with Gasteiger partial charge in [0.05, 0.1) is 16.8 Å². The first-order valence-electron chi connectivity index (χ1n) is 9.28. The summed E-state index contributed by atoms with van der Waals surface area (Å²) in [5, 5.41) is 15.9. The fraction of sp³-hybridized carbons (Fsp3) is 0.421. The summed E-state index contributed by atoms with van der Waals surface area (Å²) in [4.78, 5) is 48.9. The number of nitro benzene ring substituents is 1. The lowest BCUT2D eigenvalue weighted by Crippen LogP contribution is -2.40. The highest BCUT2D eigenvalue weighted by Gasteiger charge is 2.56. The molecule has 5 rings (SSSR count). The van der Waals surface area contributed by atoms with Gasteiger partial charge in [-0.05, 0) is 30.7 Å². The van der Waals surface area contributed by atoms with Gasteiger partial charge in [-0.25, -0.2) is 4.79 Å². The molecule has 1 saturated heterocycles. The lowest BCUT2D eigenvalue weighted by atomic mass is 9.63. The molecule has 2 bridgehead atoms. The third-order valence-electron chi connectivity index (χ3n) is 5.79. The Hall–Kier alpha value is -3.23. The van der Waals surface area contributed by atoms with Crippen LogP contribution in [0.3, 0.4) is 0 Å². The predicted octanol–water partition coefficient (Wildman–Crippen LogP) is 1.91. The van der Waals surface area contributed by atoms with E-state index in [0.29, 0.717) is 0 Å². The molecule has 2 N–H and O–H groups in total. The zero-order valence-corrected chi connectivity index (χ0v) is 15.0. The smallest absolute Gasteiger partial charge is 0.319 e. The van der Waals surface area contributed by atoms with E-state index >= 15 is 0 Å². The molecule has 9 heteroatoms. The van der Waals surface area contributed by atoms with Gasteiger partial charge in [0, 0.05) is 30.9 Å². The Balaban J connectivity index is 1.31. The van der Waals surface area contributed by atoms with Crippen LogP contribution >= 0.6 is 0 Å². The number of rotatable bonds is 5. The number of likely N-dealkylation sites (tertiary alicyclic amines) is 1. The van der Waals surface area contributed by atoms with Crippen molar-refractivity contribution in [3.05, 3.63) is 46.5 Å². The number of carbonyl (C=O) groups is 3. The second-order valence-corrected chi connectivity index (χ2v) is 7.36. The van der Waals surface area contributed by atoms with Gasteiger partial charge < -0.3 is 10.6 Å². The number of urea groups is 1. The molecule has 4 aliphatic rings. The molecular formula is C19H20N4O5. The van der Waals surface area contributed by atoms with E-state index in [1.165, 1.54) is 29.2 Å². The zero-order valence-electron chi connectivity index (χ0n) is 15.0. The van der Waals surface area contributed by atoms with Crippen molar-refractivity contribution >= 4 is 29.2 Å². The van der Waals surface area contributed by atoms with Crippen molar-refractivity contribution in [3.8, 4) is 0 Å². The molecule has 1 heterocycles. The monoisotopic (exact) mass is 384 g/mol. The van der Waals surface area contributed by atoms with Crippen molar-refractivity contribution in [2.75, 3.05) is 18.4 Å². The number of nitrogens with zero attached hydrogens (tertiary/aromatic N) is 2. The van der Waals surface area contributed by atoms with Crippen molar-refractivity contribution in [2.24, 2.45) is 23.7 Å². The topological polar surface area (TPSA) is 122 Å². The third-order valence-corrected chi connectivity index (χ3v) is 5.79. The standard InChI is InChI=1S/C19H20N4O5/c24-17-15-11-4-5-12(7-6-11)16(15)18(25)22(17)9-8-20-19(26)21-13-2-1-3-14(10-13)23(27)28/h1-5,10-12,15-16H,6-9H2,(H2,20,21,26)/t11-,12-,15-,16-/m0/s1. The number of non-ortho nitro benzene ring substituents is 1. The Bertz CT molecular complexity index is 851. The molecule has 0 unspecified atom stereocenters. The third kappa shape index (κ3) is 3.12. The average Bonchev–Trinajstić information content (AvgIpc) is 2.96. The number of benzene rings is 1. The Kier molecular flexibility index (Phi) is 4.58. The molecule has 3 aliphatic carbocycles. The van der Waals surface area contributed by atoms with E-state index in [1.807, 2.05) is 0 Å². The molecule has 1 aliphatic heterocycles. The summed E-state index contributed by atoms with van der Waals surface area (Å²) in [6.45, 7) is 0.229. The molecule has 2 fully saturated rings. The van der Waals surface area contributed by atoms with E-state index in [-0.39, 0.29) is 60.0 Å². The molecule has 4 amide bonds. The molecule has 4 atom stereocenters. The van der Waals surface area contributed by atoms with Gasteiger partial charge in [-0.1, -0.05) is 18.2 Å². The number of amides is 4. The summed E-state index contributed by atoms with van der Waals surface area (Å²) in [6, 6.07) is 5.03. The highest BCUT2D eigenvalue weighted by atomic mass is 16.6. The molecular weight excluding hydrogens is 364 g/mol. The Morgan fingerprint density at radius 3 is 2.36 bits per heavy atom. The molecule has 28 heavy (non-hydrogen) atoms. The largest absolute Gasteiger partial charge is 0.336 e. The number of nitrogens with one attached hydrogen (secondary N) is 2. The molecule has 9 nitrogen and oxygen atoms in total. The first-order chi connectivity index (χ1) is 13.5. The van der Waals surface area contributed by atoms with E-state index in [1.54, 1.807) is 0 Å². The number of allylic oxidation sites excluding steroid dienone is 2. The molecule has 1 aromatic rings. The molecule has 146 valence electrons. The average molecular weight is 384 g/mol. The van der Waals surface area contributed by atoms with E-state index in [9.17, 15) is 24.5 Å². The molecule has 0 radical (unpaired) electrons.